The van der Waals surface area contributed by atoms with E-state index in [-0.39, 0.29) is 14.0 Å². The molecule has 132 valence electrons. The van der Waals surface area contributed by atoms with Crippen LogP contribution in [-0.2, 0) is 9.53 Å². The highest BCUT2D eigenvalue weighted by atomic mass is 19.1. The van der Waals surface area contributed by atoms with Crippen molar-refractivity contribution in [1.29, 1.82) is 0 Å². The first kappa shape index (κ1) is 23.4. The molecule has 0 heterocycles. The Hall–Kier alpha value is -0.860. The van der Waals surface area contributed by atoms with Gasteiger partial charge in [-0.1, -0.05) is 78.6 Å². The number of carbonyl (C=O) groups is 1. The fraction of sp³-hybridized carbons (Fsp3) is 0.842. The van der Waals surface area contributed by atoms with Gasteiger partial charge < -0.3 is 4.74 Å². The number of esters is 1. The molecule has 3 heteroatoms. The monoisotopic (exact) mass is 316 g/mol. The van der Waals surface area contributed by atoms with Crippen molar-refractivity contribution in [3.63, 3.8) is 0 Å². The molecular formula is C19H37FO2. The van der Waals surface area contributed by atoms with Gasteiger partial charge in [0.05, 0.1) is 6.61 Å². The molecule has 0 aromatic rings. The van der Waals surface area contributed by atoms with Gasteiger partial charge in [-0.3, -0.25) is 0 Å². The Balaban J connectivity index is 0. The minimum absolute atomic E-state index is 0. The van der Waals surface area contributed by atoms with Gasteiger partial charge in [0.25, 0.3) is 0 Å². The van der Waals surface area contributed by atoms with Gasteiger partial charge in [0.2, 0.25) is 5.83 Å². The van der Waals surface area contributed by atoms with Crippen molar-refractivity contribution < 1.29 is 13.9 Å². The van der Waals surface area contributed by atoms with E-state index in [2.05, 4.69) is 11.7 Å². The molecule has 0 bridgehead atoms. The second-order valence-electron chi connectivity index (χ2n) is 5.60. The van der Waals surface area contributed by atoms with E-state index in [1.54, 1.807) is 6.92 Å². The lowest BCUT2D eigenvalue weighted by molar-refractivity contribution is -0.140. The molecule has 0 radical (unpaired) electrons. The molecule has 0 aromatic heterocycles. The molecule has 0 spiro atoms. The van der Waals surface area contributed by atoms with Crippen LogP contribution in [0.15, 0.2) is 11.9 Å². The third-order valence-corrected chi connectivity index (χ3v) is 3.60. The highest BCUT2D eigenvalue weighted by Gasteiger charge is 2.07. The summed E-state index contributed by atoms with van der Waals surface area (Å²) in [4.78, 5) is 11.0. The van der Waals surface area contributed by atoms with Crippen LogP contribution in [0.3, 0.4) is 0 Å². The number of halogens is 1. The van der Waals surface area contributed by atoms with Gasteiger partial charge >= 0.3 is 5.97 Å². The summed E-state index contributed by atoms with van der Waals surface area (Å²) in [6.45, 7) is 4.14. The summed E-state index contributed by atoms with van der Waals surface area (Å²) in [5, 5.41) is 0. The van der Waals surface area contributed by atoms with E-state index in [9.17, 15) is 9.18 Å². The zero-order chi connectivity index (χ0) is 15.8. The Morgan fingerprint density at radius 1 is 0.864 bits per heavy atom. The van der Waals surface area contributed by atoms with Gasteiger partial charge in [-0.05, 0) is 25.8 Å². The maximum Gasteiger partial charge on any atom is 0.366 e. The van der Waals surface area contributed by atoms with Gasteiger partial charge in [-0.25, -0.2) is 4.79 Å². The minimum atomic E-state index is -0.833. The summed E-state index contributed by atoms with van der Waals surface area (Å²) in [6.07, 6.45) is 16.0. The quantitative estimate of drug-likeness (QED) is 0.201. The third-order valence-electron chi connectivity index (χ3n) is 3.60. The number of ether oxygens (including phenoxy) is 1. The zero-order valence-electron chi connectivity index (χ0n) is 14.0. The second-order valence-corrected chi connectivity index (χ2v) is 5.60. The van der Waals surface area contributed by atoms with Crippen LogP contribution in [0.2, 0.25) is 0 Å². The molecule has 0 unspecified atom stereocenters. The number of allylic oxidation sites excluding steroid dienone is 1. The topological polar surface area (TPSA) is 26.3 Å². The lowest BCUT2D eigenvalue weighted by atomic mass is 10.1. The fourth-order valence-electron chi connectivity index (χ4n) is 2.32. The van der Waals surface area contributed by atoms with Gasteiger partial charge in [0.1, 0.15) is 0 Å². The molecule has 2 nitrogen and oxygen atoms in total. The molecule has 0 fully saturated rings. The van der Waals surface area contributed by atoms with Crippen molar-refractivity contribution >= 4 is 5.97 Å². The largest absolute Gasteiger partial charge is 0.461 e. The number of rotatable bonds is 14. The molecular weight excluding hydrogens is 279 g/mol. The standard InChI is InChI=1S/C18H33FO2.CH4/c1-3-5-6-7-8-9-10-11-12-13-14-15-16-17(19)18(20)21-4-2;/h16H,3-15H2,1-2H3;1H4. The van der Waals surface area contributed by atoms with E-state index in [4.69, 9.17) is 0 Å². The van der Waals surface area contributed by atoms with Crippen LogP contribution >= 0.6 is 0 Å². The Bertz CT molecular complexity index is 275. The molecule has 0 aliphatic rings. The van der Waals surface area contributed by atoms with Crippen LogP contribution in [0.4, 0.5) is 4.39 Å². The highest BCUT2D eigenvalue weighted by Crippen LogP contribution is 2.12. The Morgan fingerprint density at radius 3 is 1.77 bits per heavy atom. The first-order valence-electron chi connectivity index (χ1n) is 8.75. The summed E-state index contributed by atoms with van der Waals surface area (Å²) < 4.78 is 17.8. The van der Waals surface area contributed by atoms with Crippen LogP contribution in [-0.4, -0.2) is 12.6 Å². The summed E-state index contributed by atoms with van der Waals surface area (Å²) in [6, 6.07) is 0. The molecule has 0 aliphatic heterocycles. The van der Waals surface area contributed by atoms with Crippen molar-refractivity contribution in [2.75, 3.05) is 6.61 Å². The van der Waals surface area contributed by atoms with Crippen molar-refractivity contribution in [3.05, 3.63) is 11.9 Å². The van der Waals surface area contributed by atoms with Gasteiger partial charge in [-0.15, -0.1) is 0 Å². The lowest BCUT2D eigenvalue weighted by Gasteiger charge is -2.02. The van der Waals surface area contributed by atoms with Crippen LogP contribution in [0.1, 0.15) is 98.3 Å². The SMILES string of the molecule is C.CCCCCCCCCCCCCC=C(F)C(=O)OCC. The summed E-state index contributed by atoms with van der Waals surface area (Å²) >= 11 is 0. The second kappa shape index (κ2) is 18.2. The Kier molecular flexibility index (Phi) is 19.4. The van der Waals surface area contributed by atoms with Crippen molar-refractivity contribution in [1.82, 2.24) is 0 Å². The van der Waals surface area contributed by atoms with Crippen LogP contribution in [0.25, 0.3) is 0 Å². The van der Waals surface area contributed by atoms with Crippen molar-refractivity contribution in [2.24, 2.45) is 0 Å². The number of carbonyl (C=O) groups excluding carboxylic acids is 1. The molecule has 0 saturated heterocycles. The average Bonchev–Trinajstić information content (AvgIpc) is 2.48. The fourth-order valence-corrected chi connectivity index (χ4v) is 2.32. The smallest absolute Gasteiger partial charge is 0.366 e. The van der Waals surface area contributed by atoms with E-state index in [1.165, 1.54) is 63.9 Å². The Labute approximate surface area is 137 Å². The summed E-state index contributed by atoms with van der Waals surface area (Å²) in [5.74, 6) is -1.58. The normalized spacial score (nSPS) is 11.1. The number of unbranched alkanes of at least 4 members (excludes halogenated alkanes) is 11. The first-order chi connectivity index (χ1) is 10.2. The predicted octanol–water partition coefficient (Wildman–Crippen LogP) is 6.74. The van der Waals surface area contributed by atoms with Gasteiger partial charge in [0, 0.05) is 0 Å². The van der Waals surface area contributed by atoms with Crippen LogP contribution in [0, 0.1) is 0 Å². The summed E-state index contributed by atoms with van der Waals surface area (Å²) in [7, 11) is 0. The predicted molar refractivity (Wildman–Crippen MR) is 93.6 cm³/mol. The molecule has 22 heavy (non-hydrogen) atoms. The number of hydrogen-bond donors (Lipinski definition) is 0. The molecule has 0 rings (SSSR count). The van der Waals surface area contributed by atoms with E-state index >= 15 is 0 Å². The lowest BCUT2D eigenvalue weighted by Crippen LogP contribution is -2.04. The van der Waals surface area contributed by atoms with Crippen molar-refractivity contribution in [2.45, 2.75) is 98.3 Å². The molecule has 0 amide bonds. The number of hydrogen-bond acceptors (Lipinski definition) is 2. The average molecular weight is 317 g/mol. The van der Waals surface area contributed by atoms with E-state index in [0.29, 0.717) is 6.42 Å². The minimum Gasteiger partial charge on any atom is -0.461 e. The Morgan fingerprint density at radius 2 is 1.32 bits per heavy atom. The molecule has 0 atom stereocenters. The van der Waals surface area contributed by atoms with Crippen molar-refractivity contribution in [3.8, 4) is 0 Å². The zero-order valence-corrected chi connectivity index (χ0v) is 14.0. The third kappa shape index (κ3) is 15.5. The maximum atomic E-state index is 13.2. The van der Waals surface area contributed by atoms with E-state index < -0.39 is 11.8 Å². The first-order valence-corrected chi connectivity index (χ1v) is 8.75. The van der Waals surface area contributed by atoms with Crippen LogP contribution < -0.4 is 0 Å². The molecule has 0 saturated carbocycles. The molecule has 0 N–H and O–H groups in total. The maximum absolute atomic E-state index is 13.2. The highest BCUT2D eigenvalue weighted by molar-refractivity contribution is 5.85. The van der Waals surface area contributed by atoms with E-state index in [1.807, 2.05) is 0 Å². The molecule has 0 aromatic carbocycles. The summed E-state index contributed by atoms with van der Waals surface area (Å²) in [5.41, 5.74) is 0. The van der Waals surface area contributed by atoms with Crippen LogP contribution in [0.5, 0.6) is 0 Å². The molecule has 0 aliphatic carbocycles. The van der Waals surface area contributed by atoms with Gasteiger partial charge in [0.15, 0.2) is 0 Å². The van der Waals surface area contributed by atoms with Gasteiger partial charge in [-0.2, -0.15) is 4.39 Å². The van der Waals surface area contributed by atoms with E-state index in [0.717, 1.165) is 12.8 Å².